The van der Waals surface area contributed by atoms with Gasteiger partial charge in [0.25, 0.3) is 0 Å². The Bertz CT molecular complexity index is 316. The first-order valence-electron chi connectivity index (χ1n) is 4.97. The van der Waals surface area contributed by atoms with Gasteiger partial charge in [0.15, 0.2) is 0 Å². The van der Waals surface area contributed by atoms with Crippen molar-refractivity contribution in [1.29, 1.82) is 0 Å². The summed E-state index contributed by atoms with van der Waals surface area (Å²) in [4.78, 5) is 6.42. The van der Waals surface area contributed by atoms with Crippen LogP contribution in [0.25, 0.3) is 0 Å². The number of aromatic nitrogens is 1. The maximum absolute atomic E-state index is 5.80. The highest BCUT2D eigenvalue weighted by Crippen LogP contribution is 2.19. The van der Waals surface area contributed by atoms with Crippen LogP contribution in [0.4, 0.5) is 11.5 Å². The van der Waals surface area contributed by atoms with Gasteiger partial charge < -0.3 is 16.0 Å². The minimum absolute atomic E-state index is 0.670. The summed E-state index contributed by atoms with van der Waals surface area (Å²) in [5, 5.41) is 3.21. The molecule has 0 fully saturated rings. The van der Waals surface area contributed by atoms with Gasteiger partial charge in [-0.1, -0.05) is 6.92 Å². The van der Waals surface area contributed by atoms with Crippen molar-refractivity contribution in [2.45, 2.75) is 6.92 Å². The SMILES string of the molecule is CCN(C)CCNc1ncc(Br)cc1N. The van der Waals surface area contributed by atoms with Gasteiger partial charge in [-0.05, 0) is 35.6 Å². The number of pyridine rings is 1. The van der Waals surface area contributed by atoms with E-state index < -0.39 is 0 Å². The normalized spacial score (nSPS) is 10.7. The Morgan fingerprint density at radius 2 is 2.33 bits per heavy atom. The van der Waals surface area contributed by atoms with E-state index in [-0.39, 0.29) is 0 Å². The third-order valence-electron chi connectivity index (χ3n) is 2.21. The lowest BCUT2D eigenvalue weighted by Crippen LogP contribution is -2.25. The monoisotopic (exact) mass is 272 g/mol. The summed E-state index contributed by atoms with van der Waals surface area (Å²) in [5.41, 5.74) is 6.47. The Morgan fingerprint density at radius 3 is 2.93 bits per heavy atom. The molecular formula is C10H17BrN4. The van der Waals surface area contributed by atoms with Gasteiger partial charge in [0.2, 0.25) is 0 Å². The molecule has 1 aromatic rings. The molecule has 0 radical (unpaired) electrons. The fourth-order valence-corrected chi connectivity index (χ4v) is 1.47. The van der Waals surface area contributed by atoms with Crippen LogP contribution in [0.5, 0.6) is 0 Å². The zero-order chi connectivity index (χ0) is 11.3. The number of hydrogen-bond donors (Lipinski definition) is 2. The average molecular weight is 273 g/mol. The predicted molar refractivity (Wildman–Crippen MR) is 68.0 cm³/mol. The number of anilines is 2. The van der Waals surface area contributed by atoms with E-state index in [1.807, 2.05) is 6.07 Å². The third-order valence-corrected chi connectivity index (χ3v) is 2.64. The maximum atomic E-state index is 5.80. The highest BCUT2D eigenvalue weighted by molar-refractivity contribution is 9.10. The summed E-state index contributed by atoms with van der Waals surface area (Å²) in [6.07, 6.45) is 1.74. The van der Waals surface area contributed by atoms with E-state index >= 15 is 0 Å². The van der Waals surface area contributed by atoms with E-state index in [1.165, 1.54) is 0 Å². The second-order valence-electron chi connectivity index (χ2n) is 3.41. The van der Waals surface area contributed by atoms with Crippen molar-refractivity contribution < 1.29 is 0 Å². The van der Waals surface area contributed by atoms with Crippen LogP contribution < -0.4 is 11.1 Å². The molecule has 0 amide bonds. The predicted octanol–water partition coefficient (Wildman–Crippen LogP) is 1.79. The molecular weight excluding hydrogens is 256 g/mol. The minimum atomic E-state index is 0.670. The number of halogens is 1. The number of nitrogens with two attached hydrogens (primary N) is 1. The number of nitrogens with zero attached hydrogens (tertiary/aromatic N) is 2. The summed E-state index contributed by atoms with van der Waals surface area (Å²) in [6.45, 7) is 5.01. The Morgan fingerprint density at radius 1 is 1.60 bits per heavy atom. The van der Waals surface area contributed by atoms with Crippen LogP contribution in [0.15, 0.2) is 16.7 Å². The van der Waals surface area contributed by atoms with Crippen molar-refractivity contribution in [3.63, 3.8) is 0 Å². The molecule has 1 aromatic heterocycles. The van der Waals surface area contributed by atoms with Crippen molar-refractivity contribution >= 4 is 27.4 Å². The van der Waals surface area contributed by atoms with Crippen molar-refractivity contribution in [3.8, 4) is 0 Å². The first-order chi connectivity index (χ1) is 7.13. The molecule has 1 rings (SSSR count). The Kier molecular flexibility index (Phi) is 4.84. The van der Waals surface area contributed by atoms with Gasteiger partial charge in [0.1, 0.15) is 5.82 Å². The van der Waals surface area contributed by atoms with Gasteiger partial charge in [0, 0.05) is 23.8 Å². The zero-order valence-electron chi connectivity index (χ0n) is 9.13. The van der Waals surface area contributed by atoms with Gasteiger partial charge in [-0.2, -0.15) is 0 Å². The lowest BCUT2D eigenvalue weighted by atomic mass is 10.4. The summed E-state index contributed by atoms with van der Waals surface area (Å²) < 4.78 is 0.899. The quantitative estimate of drug-likeness (QED) is 0.858. The smallest absolute Gasteiger partial charge is 0.149 e. The van der Waals surface area contributed by atoms with Crippen LogP contribution in [-0.4, -0.2) is 36.6 Å². The molecule has 15 heavy (non-hydrogen) atoms. The van der Waals surface area contributed by atoms with E-state index in [2.05, 4.69) is 45.1 Å². The topological polar surface area (TPSA) is 54.2 Å². The summed E-state index contributed by atoms with van der Waals surface area (Å²) in [5.74, 6) is 0.753. The van der Waals surface area contributed by atoms with Crippen molar-refractivity contribution in [3.05, 3.63) is 16.7 Å². The number of nitrogens with one attached hydrogen (secondary N) is 1. The molecule has 0 spiro atoms. The fourth-order valence-electron chi connectivity index (χ4n) is 1.13. The first kappa shape index (κ1) is 12.3. The summed E-state index contributed by atoms with van der Waals surface area (Å²) >= 11 is 3.32. The Balaban J connectivity index is 2.44. The van der Waals surface area contributed by atoms with Crippen molar-refractivity contribution in [2.24, 2.45) is 0 Å². The maximum Gasteiger partial charge on any atom is 0.149 e. The second kappa shape index (κ2) is 5.92. The van der Waals surface area contributed by atoms with Crippen molar-refractivity contribution in [2.75, 3.05) is 37.7 Å². The van der Waals surface area contributed by atoms with E-state index in [4.69, 9.17) is 5.73 Å². The Hall–Kier alpha value is -0.810. The summed E-state index contributed by atoms with van der Waals surface area (Å²) in [7, 11) is 2.08. The van der Waals surface area contributed by atoms with Gasteiger partial charge >= 0.3 is 0 Å². The fraction of sp³-hybridized carbons (Fsp3) is 0.500. The number of likely N-dealkylation sites (N-methyl/N-ethyl adjacent to an activating group) is 1. The molecule has 0 saturated carbocycles. The molecule has 3 N–H and O–H groups in total. The molecule has 84 valence electrons. The molecule has 0 saturated heterocycles. The molecule has 0 atom stereocenters. The third kappa shape index (κ3) is 4.05. The Labute approximate surface area is 99.0 Å². The van der Waals surface area contributed by atoms with Crippen LogP contribution in [-0.2, 0) is 0 Å². The molecule has 5 heteroatoms. The van der Waals surface area contributed by atoms with Crippen LogP contribution in [0.2, 0.25) is 0 Å². The lowest BCUT2D eigenvalue weighted by Gasteiger charge is -2.14. The number of rotatable bonds is 5. The van der Waals surface area contributed by atoms with Crippen molar-refractivity contribution in [1.82, 2.24) is 9.88 Å². The average Bonchev–Trinajstić information content (AvgIpc) is 2.21. The largest absolute Gasteiger partial charge is 0.396 e. The molecule has 0 aliphatic heterocycles. The van der Waals surface area contributed by atoms with Gasteiger partial charge in [0.05, 0.1) is 5.69 Å². The minimum Gasteiger partial charge on any atom is -0.396 e. The molecule has 1 heterocycles. The zero-order valence-corrected chi connectivity index (χ0v) is 10.7. The van der Waals surface area contributed by atoms with E-state index in [9.17, 15) is 0 Å². The standard InChI is InChI=1S/C10H17BrN4/c1-3-15(2)5-4-13-10-9(12)6-8(11)7-14-10/h6-7H,3-5,12H2,1-2H3,(H,13,14). The van der Waals surface area contributed by atoms with Crippen LogP contribution in [0.1, 0.15) is 6.92 Å². The first-order valence-corrected chi connectivity index (χ1v) is 5.76. The van der Waals surface area contributed by atoms with Crippen LogP contribution in [0, 0.1) is 0 Å². The molecule has 0 aliphatic rings. The molecule has 4 nitrogen and oxygen atoms in total. The highest BCUT2D eigenvalue weighted by Gasteiger charge is 2.01. The second-order valence-corrected chi connectivity index (χ2v) is 4.33. The number of hydrogen-bond acceptors (Lipinski definition) is 4. The van der Waals surface area contributed by atoms with E-state index in [0.717, 1.165) is 29.9 Å². The molecule has 0 unspecified atom stereocenters. The van der Waals surface area contributed by atoms with Gasteiger partial charge in [-0.3, -0.25) is 0 Å². The van der Waals surface area contributed by atoms with E-state index in [0.29, 0.717) is 5.69 Å². The van der Waals surface area contributed by atoms with Gasteiger partial charge in [-0.15, -0.1) is 0 Å². The van der Waals surface area contributed by atoms with Crippen LogP contribution in [0.3, 0.4) is 0 Å². The highest BCUT2D eigenvalue weighted by atomic mass is 79.9. The lowest BCUT2D eigenvalue weighted by molar-refractivity contribution is 0.367. The summed E-state index contributed by atoms with van der Waals surface area (Å²) in [6, 6.07) is 1.85. The van der Waals surface area contributed by atoms with Gasteiger partial charge in [-0.25, -0.2) is 4.98 Å². The molecule has 0 aliphatic carbocycles. The molecule has 0 aromatic carbocycles. The van der Waals surface area contributed by atoms with Crippen LogP contribution >= 0.6 is 15.9 Å². The van der Waals surface area contributed by atoms with E-state index in [1.54, 1.807) is 6.20 Å². The number of nitrogen functional groups attached to an aromatic ring is 1. The molecule has 0 bridgehead atoms.